The van der Waals surface area contributed by atoms with E-state index in [1.165, 1.54) is 5.56 Å². The summed E-state index contributed by atoms with van der Waals surface area (Å²) in [6.07, 6.45) is 4.52. The zero-order valence-corrected chi connectivity index (χ0v) is 36.9. The highest BCUT2D eigenvalue weighted by atomic mass is 28.4. The predicted molar refractivity (Wildman–Crippen MR) is 219 cm³/mol. The van der Waals surface area contributed by atoms with Gasteiger partial charge in [0.25, 0.3) is 0 Å². The van der Waals surface area contributed by atoms with Crippen molar-refractivity contribution in [1.82, 2.24) is 24.5 Å². The first-order valence-electron chi connectivity index (χ1n) is 18.9. The standard InChI is InChI=1S/C38H65N7O4Si3/c1-36(2,3)52(12,13)48-24-30-28(19-37(4,5)50(8,9)46)29(20-38(6,7)51(10,11)47)35(49-30)45-25-40-31-32(39)42-33(43-34(31)45)27-21-41-44(23-27)22-26-17-15-14-16-18-26/h14-18,21,25,27-30,35,46-47H,19-20,22-24H2,1-13H3,(H2,39,42,43)/t27?,28-,29+,30+,35?/m0/s1. The molecule has 2 unspecified atom stereocenters. The van der Waals surface area contributed by atoms with Gasteiger partial charge in [0, 0.05) is 12.1 Å². The van der Waals surface area contributed by atoms with Crippen molar-refractivity contribution in [2.24, 2.45) is 16.9 Å². The molecule has 0 radical (unpaired) electrons. The van der Waals surface area contributed by atoms with Gasteiger partial charge in [0.15, 0.2) is 36.4 Å². The maximum absolute atomic E-state index is 11.6. The molecule has 0 saturated carbocycles. The Morgan fingerprint density at radius 3 is 2.06 bits per heavy atom. The minimum absolute atomic E-state index is 0.0241. The van der Waals surface area contributed by atoms with Crippen LogP contribution in [0.4, 0.5) is 5.82 Å². The monoisotopic (exact) mass is 767 g/mol. The summed E-state index contributed by atoms with van der Waals surface area (Å²) < 4.78 is 16.1. The molecule has 1 saturated heterocycles. The van der Waals surface area contributed by atoms with E-state index in [-0.39, 0.29) is 39.0 Å². The van der Waals surface area contributed by atoms with E-state index in [4.69, 9.17) is 29.8 Å². The van der Waals surface area contributed by atoms with Crippen LogP contribution < -0.4 is 5.73 Å². The number of imidazole rings is 1. The lowest BCUT2D eigenvalue weighted by atomic mass is 9.78. The van der Waals surface area contributed by atoms with Crippen molar-refractivity contribution in [3.63, 3.8) is 0 Å². The average molecular weight is 768 g/mol. The average Bonchev–Trinajstić information content (AvgIpc) is 3.73. The van der Waals surface area contributed by atoms with Gasteiger partial charge in [0.05, 0.1) is 38.0 Å². The Hall–Kier alpha value is -2.47. The zero-order valence-electron chi connectivity index (χ0n) is 33.9. The Kier molecular flexibility index (Phi) is 11.2. The molecule has 0 spiro atoms. The molecule has 5 atom stereocenters. The molecule has 0 amide bonds. The number of nitrogen functional groups attached to an aromatic ring is 1. The molecule has 2 aromatic heterocycles. The third-order valence-electron chi connectivity index (χ3n) is 13.0. The number of benzene rings is 1. The lowest BCUT2D eigenvalue weighted by Gasteiger charge is -2.43. The smallest absolute Gasteiger partial charge is 0.192 e. The van der Waals surface area contributed by atoms with Crippen molar-refractivity contribution >= 4 is 48.1 Å². The van der Waals surface area contributed by atoms with E-state index in [0.717, 1.165) is 12.8 Å². The number of hydrogen-bond donors (Lipinski definition) is 3. The summed E-state index contributed by atoms with van der Waals surface area (Å²) in [5.41, 5.74) is 8.98. The first kappa shape index (κ1) is 40.7. The van der Waals surface area contributed by atoms with Crippen molar-refractivity contribution in [2.75, 3.05) is 18.9 Å². The van der Waals surface area contributed by atoms with Gasteiger partial charge in [0.2, 0.25) is 0 Å². The van der Waals surface area contributed by atoms with Crippen LogP contribution in [0.2, 0.25) is 54.4 Å². The molecule has 52 heavy (non-hydrogen) atoms. The minimum Gasteiger partial charge on any atom is -0.432 e. The molecule has 3 aromatic rings. The number of nitrogens with two attached hydrogens (primary N) is 1. The summed E-state index contributed by atoms with van der Waals surface area (Å²) >= 11 is 0. The van der Waals surface area contributed by atoms with Gasteiger partial charge in [-0.05, 0) is 78.7 Å². The summed E-state index contributed by atoms with van der Waals surface area (Å²) in [6, 6.07) is 10.3. The fraction of sp³-hybridized carbons (Fsp3) is 0.684. The summed E-state index contributed by atoms with van der Waals surface area (Å²) in [5, 5.41) is 6.13. The van der Waals surface area contributed by atoms with Gasteiger partial charge in [0.1, 0.15) is 17.6 Å². The number of rotatable bonds is 13. The van der Waals surface area contributed by atoms with Crippen LogP contribution in [0.15, 0.2) is 41.8 Å². The quantitative estimate of drug-likeness (QED) is 0.148. The molecule has 1 aromatic carbocycles. The Morgan fingerprint density at radius 2 is 1.48 bits per heavy atom. The minimum atomic E-state index is -2.62. The molecule has 5 rings (SSSR count). The van der Waals surface area contributed by atoms with E-state index in [0.29, 0.717) is 42.5 Å². The maximum atomic E-state index is 11.6. The number of fused-ring (bicyclic) bond motifs is 1. The molecule has 2 aliphatic rings. The van der Waals surface area contributed by atoms with Crippen LogP contribution in [0.25, 0.3) is 11.2 Å². The number of nitrogens with zero attached hydrogens (tertiary/aromatic N) is 6. The molecule has 14 heteroatoms. The molecular formula is C38H65N7O4Si3. The predicted octanol–water partition coefficient (Wildman–Crippen LogP) is 7.88. The number of anilines is 1. The fourth-order valence-corrected chi connectivity index (χ4v) is 9.36. The Bertz CT molecular complexity index is 1730. The molecular weight excluding hydrogens is 703 g/mol. The Labute approximate surface area is 314 Å². The van der Waals surface area contributed by atoms with Gasteiger partial charge in [-0.1, -0.05) is 78.8 Å². The first-order chi connectivity index (χ1) is 23.8. The number of aromatic nitrogens is 4. The van der Waals surface area contributed by atoms with Crippen LogP contribution in [0.3, 0.4) is 0 Å². The van der Waals surface area contributed by atoms with Gasteiger partial charge in [-0.3, -0.25) is 9.58 Å². The van der Waals surface area contributed by atoms with Gasteiger partial charge in [-0.15, -0.1) is 0 Å². The van der Waals surface area contributed by atoms with Crippen LogP contribution in [-0.2, 0) is 15.7 Å². The normalized spacial score (nSPS) is 23.7. The van der Waals surface area contributed by atoms with E-state index in [2.05, 4.69) is 78.8 Å². The third kappa shape index (κ3) is 8.42. The van der Waals surface area contributed by atoms with Crippen LogP contribution in [0.5, 0.6) is 0 Å². The molecule has 0 aliphatic carbocycles. The second-order valence-corrected chi connectivity index (χ2v) is 33.0. The van der Waals surface area contributed by atoms with Crippen molar-refractivity contribution in [1.29, 1.82) is 0 Å². The zero-order chi connectivity index (χ0) is 38.7. The van der Waals surface area contributed by atoms with Crippen LogP contribution in [0.1, 0.15) is 84.8 Å². The first-order valence-corrected chi connectivity index (χ1v) is 27.7. The molecule has 0 bridgehead atoms. The summed E-state index contributed by atoms with van der Waals surface area (Å²) in [6.45, 7) is 30.0. The van der Waals surface area contributed by atoms with E-state index in [9.17, 15) is 9.59 Å². The van der Waals surface area contributed by atoms with E-state index >= 15 is 0 Å². The molecule has 4 heterocycles. The largest absolute Gasteiger partial charge is 0.432 e. The van der Waals surface area contributed by atoms with Gasteiger partial charge < -0.3 is 24.5 Å². The van der Waals surface area contributed by atoms with E-state index < -0.39 is 31.2 Å². The summed E-state index contributed by atoms with van der Waals surface area (Å²) in [5.74, 6) is 0.826. The second kappa shape index (κ2) is 14.3. The molecule has 11 nitrogen and oxygen atoms in total. The molecule has 1 fully saturated rings. The van der Waals surface area contributed by atoms with Gasteiger partial charge >= 0.3 is 0 Å². The summed E-state index contributed by atoms with van der Waals surface area (Å²) in [7, 11) is -7.33. The van der Waals surface area contributed by atoms with Gasteiger partial charge in [-0.25, -0.2) is 15.0 Å². The highest BCUT2D eigenvalue weighted by Crippen LogP contribution is 2.56. The highest BCUT2D eigenvalue weighted by Gasteiger charge is 2.54. The summed E-state index contributed by atoms with van der Waals surface area (Å²) in [4.78, 5) is 37.8. The number of hydrazone groups is 1. The lowest BCUT2D eigenvalue weighted by Crippen LogP contribution is -2.46. The topological polar surface area (TPSA) is 144 Å². The molecule has 2 aliphatic heterocycles. The van der Waals surface area contributed by atoms with Crippen molar-refractivity contribution in [3.8, 4) is 0 Å². The van der Waals surface area contributed by atoms with Crippen LogP contribution >= 0.6 is 0 Å². The SMILES string of the molecule is CC(C)(C[C@@H]1[C@@H](CO[Si](C)(C)C(C)(C)C)OC(n2cnc3c(N)nc(C4C=NN(Cc5ccccc5)C4)nc32)[C@@H]1CC(C)(C)[Si](C)(C)O)[Si](C)(C)O. The van der Waals surface area contributed by atoms with Crippen molar-refractivity contribution in [2.45, 2.75) is 140 Å². The second-order valence-electron chi connectivity index (χ2n) is 19.3. The lowest BCUT2D eigenvalue weighted by molar-refractivity contribution is -0.0353. The molecule has 4 N–H and O–H groups in total. The Balaban J connectivity index is 1.56. The number of hydrogen-bond acceptors (Lipinski definition) is 10. The highest BCUT2D eigenvalue weighted by molar-refractivity contribution is 6.74. The molecule has 288 valence electrons. The van der Waals surface area contributed by atoms with E-state index in [1.807, 2.05) is 60.2 Å². The third-order valence-corrected chi connectivity index (χ3v) is 24.6. The number of ether oxygens (including phenoxy) is 1. The van der Waals surface area contributed by atoms with Crippen molar-refractivity contribution in [3.05, 3.63) is 48.0 Å². The Morgan fingerprint density at radius 1 is 0.885 bits per heavy atom. The van der Waals surface area contributed by atoms with Crippen molar-refractivity contribution < 1.29 is 18.8 Å². The van der Waals surface area contributed by atoms with Crippen LogP contribution in [-0.4, -0.2) is 84.5 Å². The van der Waals surface area contributed by atoms with Crippen LogP contribution in [0, 0.1) is 11.8 Å². The fourth-order valence-electron chi connectivity index (χ4n) is 6.87. The van der Waals surface area contributed by atoms with E-state index in [1.54, 1.807) is 6.33 Å². The maximum Gasteiger partial charge on any atom is 0.192 e. The van der Waals surface area contributed by atoms with Gasteiger partial charge in [-0.2, -0.15) is 5.10 Å².